The van der Waals surface area contributed by atoms with Gasteiger partial charge < -0.3 is 0 Å². The number of nitrogens with one attached hydrogen (secondary N) is 1. The first-order chi connectivity index (χ1) is 8.61. The van der Waals surface area contributed by atoms with Crippen LogP contribution in [0.25, 0.3) is 0 Å². The molecule has 4 heteroatoms. The van der Waals surface area contributed by atoms with E-state index in [2.05, 4.69) is 59.2 Å². The molecule has 0 saturated carbocycles. The molecule has 18 heavy (non-hydrogen) atoms. The molecule has 1 unspecified atom stereocenters. The molecule has 2 nitrogen and oxygen atoms in total. The molecule has 0 fully saturated rings. The van der Waals surface area contributed by atoms with Crippen molar-refractivity contribution in [1.29, 1.82) is 0 Å². The van der Waals surface area contributed by atoms with Gasteiger partial charge in [0, 0.05) is 3.57 Å². The summed E-state index contributed by atoms with van der Waals surface area (Å²) < 4.78 is 1.04. The standard InChI is InChI=1S/C14H14ClIN2/c1-9-2-4-10(5-3-9)14(18-17)11-6-7-13(16)12(15)8-11/h2-8,14,18H,17H2,1H3. The quantitative estimate of drug-likeness (QED) is 0.488. The van der Waals surface area contributed by atoms with Crippen LogP contribution < -0.4 is 11.3 Å². The minimum absolute atomic E-state index is 0.0416. The number of halogens is 2. The Morgan fingerprint density at radius 2 is 1.72 bits per heavy atom. The van der Waals surface area contributed by atoms with Crippen LogP contribution in [0.2, 0.25) is 5.02 Å². The molecule has 0 aliphatic rings. The van der Waals surface area contributed by atoms with Crippen molar-refractivity contribution >= 4 is 34.2 Å². The molecular weight excluding hydrogens is 359 g/mol. The number of nitrogens with two attached hydrogens (primary N) is 1. The highest BCUT2D eigenvalue weighted by Crippen LogP contribution is 2.26. The van der Waals surface area contributed by atoms with E-state index in [0.717, 1.165) is 19.7 Å². The first-order valence-corrected chi connectivity index (χ1v) is 7.05. The van der Waals surface area contributed by atoms with Gasteiger partial charge in [0.2, 0.25) is 0 Å². The van der Waals surface area contributed by atoms with E-state index in [1.165, 1.54) is 5.56 Å². The molecule has 0 amide bonds. The van der Waals surface area contributed by atoms with Gasteiger partial charge in [0.15, 0.2) is 0 Å². The molecule has 1 atom stereocenters. The van der Waals surface area contributed by atoms with Gasteiger partial charge in [-0.25, -0.2) is 5.43 Å². The molecule has 0 aromatic heterocycles. The van der Waals surface area contributed by atoms with Crippen LogP contribution >= 0.6 is 34.2 Å². The minimum atomic E-state index is -0.0416. The first-order valence-electron chi connectivity index (χ1n) is 5.59. The van der Waals surface area contributed by atoms with Crippen molar-refractivity contribution in [3.05, 3.63) is 67.7 Å². The molecule has 0 aliphatic carbocycles. The summed E-state index contributed by atoms with van der Waals surface area (Å²) in [5.74, 6) is 5.67. The Balaban J connectivity index is 2.38. The van der Waals surface area contributed by atoms with Gasteiger partial charge in [-0.1, -0.05) is 47.5 Å². The fraction of sp³-hybridized carbons (Fsp3) is 0.143. The lowest BCUT2D eigenvalue weighted by Crippen LogP contribution is -2.28. The van der Waals surface area contributed by atoms with Gasteiger partial charge in [0.05, 0.1) is 11.1 Å². The third-order valence-electron chi connectivity index (χ3n) is 2.85. The lowest BCUT2D eigenvalue weighted by Gasteiger charge is -2.17. The molecule has 2 rings (SSSR count). The topological polar surface area (TPSA) is 38.0 Å². The van der Waals surface area contributed by atoms with Gasteiger partial charge in [-0.05, 0) is 52.8 Å². The van der Waals surface area contributed by atoms with Crippen LogP contribution in [0.4, 0.5) is 0 Å². The Morgan fingerprint density at radius 3 is 2.28 bits per heavy atom. The third kappa shape index (κ3) is 3.03. The molecule has 0 aliphatic heterocycles. The maximum atomic E-state index is 6.15. The van der Waals surface area contributed by atoms with Crippen LogP contribution in [0, 0.1) is 10.5 Å². The largest absolute Gasteiger partial charge is 0.271 e. The summed E-state index contributed by atoms with van der Waals surface area (Å²) in [7, 11) is 0. The summed E-state index contributed by atoms with van der Waals surface area (Å²) in [5.41, 5.74) is 6.26. The van der Waals surface area contributed by atoms with Crippen molar-refractivity contribution in [2.75, 3.05) is 0 Å². The number of hydrazine groups is 1. The number of aryl methyl sites for hydroxylation is 1. The van der Waals surface area contributed by atoms with E-state index < -0.39 is 0 Å². The number of hydrogen-bond acceptors (Lipinski definition) is 2. The predicted octanol–water partition coefficient (Wildman–Crippen LogP) is 3.81. The van der Waals surface area contributed by atoms with Gasteiger partial charge in [-0.3, -0.25) is 5.84 Å². The average Bonchev–Trinajstić information content (AvgIpc) is 2.37. The smallest absolute Gasteiger partial charge is 0.0710 e. The van der Waals surface area contributed by atoms with Gasteiger partial charge in [0.25, 0.3) is 0 Å². The fourth-order valence-electron chi connectivity index (χ4n) is 1.84. The van der Waals surface area contributed by atoms with E-state index in [4.69, 9.17) is 17.4 Å². The van der Waals surface area contributed by atoms with Crippen LogP contribution in [-0.2, 0) is 0 Å². The summed E-state index contributed by atoms with van der Waals surface area (Å²) in [4.78, 5) is 0. The summed E-state index contributed by atoms with van der Waals surface area (Å²) in [6, 6.07) is 14.3. The highest BCUT2D eigenvalue weighted by molar-refractivity contribution is 14.1. The monoisotopic (exact) mass is 372 g/mol. The fourth-order valence-corrected chi connectivity index (χ4v) is 2.36. The molecule has 3 N–H and O–H groups in total. The highest BCUT2D eigenvalue weighted by Gasteiger charge is 2.13. The lowest BCUT2D eigenvalue weighted by molar-refractivity contribution is 0.637. The van der Waals surface area contributed by atoms with Crippen LogP contribution in [0.1, 0.15) is 22.7 Å². The van der Waals surface area contributed by atoms with E-state index >= 15 is 0 Å². The van der Waals surface area contributed by atoms with Gasteiger partial charge >= 0.3 is 0 Å². The van der Waals surface area contributed by atoms with E-state index in [0.29, 0.717) is 0 Å². The van der Waals surface area contributed by atoms with E-state index in [1.54, 1.807) is 0 Å². The van der Waals surface area contributed by atoms with Crippen molar-refractivity contribution in [2.24, 2.45) is 5.84 Å². The van der Waals surface area contributed by atoms with Crippen LogP contribution in [0.5, 0.6) is 0 Å². The second-order valence-corrected chi connectivity index (χ2v) is 5.75. The van der Waals surface area contributed by atoms with Crippen LogP contribution in [-0.4, -0.2) is 0 Å². The second kappa shape index (κ2) is 6.02. The van der Waals surface area contributed by atoms with Crippen molar-refractivity contribution in [3.63, 3.8) is 0 Å². The summed E-state index contributed by atoms with van der Waals surface area (Å²) in [6.07, 6.45) is 0. The zero-order valence-electron chi connectivity index (χ0n) is 9.95. The highest BCUT2D eigenvalue weighted by atomic mass is 127. The lowest BCUT2D eigenvalue weighted by atomic mass is 9.98. The molecular formula is C14H14ClIN2. The summed E-state index contributed by atoms with van der Waals surface area (Å²) in [5, 5.41) is 0.750. The molecule has 2 aromatic rings. The summed E-state index contributed by atoms with van der Waals surface area (Å²) >= 11 is 8.36. The van der Waals surface area contributed by atoms with Crippen molar-refractivity contribution < 1.29 is 0 Å². The van der Waals surface area contributed by atoms with E-state index in [1.807, 2.05) is 18.2 Å². The molecule has 94 valence electrons. The second-order valence-electron chi connectivity index (χ2n) is 4.18. The Morgan fingerprint density at radius 1 is 1.11 bits per heavy atom. The number of benzene rings is 2. The Bertz CT molecular complexity index is 540. The average molecular weight is 373 g/mol. The SMILES string of the molecule is Cc1ccc(C(NN)c2ccc(I)c(Cl)c2)cc1. The van der Waals surface area contributed by atoms with Crippen LogP contribution in [0.3, 0.4) is 0 Å². The van der Waals surface area contributed by atoms with Gasteiger partial charge in [-0.15, -0.1) is 0 Å². The zero-order valence-corrected chi connectivity index (χ0v) is 12.9. The molecule has 0 bridgehead atoms. The minimum Gasteiger partial charge on any atom is -0.271 e. The van der Waals surface area contributed by atoms with Gasteiger partial charge in [0.1, 0.15) is 0 Å². The van der Waals surface area contributed by atoms with Crippen molar-refractivity contribution in [1.82, 2.24) is 5.43 Å². The first kappa shape index (κ1) is 13.8. The Kier molecular flexibility index (Phi) is 4.61. The molecule has 2 aromatic carbocycles. The van der Waals surface area contributed by atoms with Crippen molar-refractivity contribution in [3.8, 4) is 0 Å². The van der Waals surface area contributed by atoms with Crippen LogP contribution in [0.15, 0.2) is 42.5 Å². The maximum Gasteiger partial charge on any atom is 0.0710 e. The maximum absolute atomic E-state index is 6.15. The van der Waals surface area contributed by atoms with E-state index in [-0.39, 0.29) is 6.04 Å². The van der Waals surface area contributed by atoms with Gasteiger partial charge in [-0.2, -0.15) is 0 Å². The summed E-state index contributed by atoms with van der Waals surface area (Å²) in [6.45, 7) is 2.07. The molecule has 0 spiro atoms. The zero-order chi connectivity index (χ0) is 13.1. The normalized spacial score (nSPS) is 12.4. The molecule has 0 heterocycles. The predicted molar refractivity (Wildman–Crippen MR) is 84.5 cm³/mol. The molecule has 0 saturated heterocycles. The Labute approximate surface area is 126 Å². The van der Waals surface area contributed by atoms with Crippen molar-refractivity contribution in [2.45, 2.75) is 13.0 Å². The van der Waals surface area contributed by atoms with E-state index in [9.17, 15) is 0 Å². The third-order valence-corrected chi connectivity index (χ3v) is 4.43. The Hall–Kier alpha value is -0.620. The number of rotatable bonds is 3. The molecule has 0 radical (unpaired) electrons. The number of hydrogen-bond donors (Lipinski definition) is 2.